The molecule has 9 atom stereocenters. The Morgan fingerprint density at radius 1 is 1.10 bits per heavy atom. The maximum Gasteiger partial charge on any atom is 0.250 e. The summed E-state index contributed by atoms with van der Waals surface area (Å²) in [5.41, 5.74) is 0.565. The SMILES string of the molecule is C[C@@H]1O[C@@H](O[C@@H]2[C@@H](O)[C@H](OCC(=O)Nc3ccccc3)O[C@H](CO)[C@H]2O)C[C@H](O)[C@@H]1O. The van der Waals surface area contributed by atoms with Crippen LogP contribution in [0.1, 0.15) is 13.3 Å². The van der Waals surface area contributed by atoms with Crippen LogP contribution < -0.4 is 5.32 Å². The van der Waals surface area contributed by atoms with Crippen LogP contribution in [0.2, 0.25) is 0 Å². The van der Waals surface area contributed by atoms with Gasteiger partial charge in [-0.05, 0) is 19.1 Å². The van der Waals surface area contributed by atoms with E-state index in [-0.39, 0.29) is 6.42 Å². The van der Waals surface area contributed by atoms with Crippen LogP contribution in [0.5, 0.6) is 0 Å². The molecule has 11 heteroatoms. The number of ether oxygens (including phenoxy) is 4. The highest BCUT2D eigenvalue weighted by molar-refractivity contribution is 5.91. The van der Waals surface area contributed by atoms with Crippen LogP contribution >= 0.6 is 0 Å². The lowest BCUT2D eigenvalue weighted by atomic mass is 9.98. The second-order valence-corrected chi connectivity index (χ2v) is 7.60. The highest BCUT2D eigenvalue weighted by atomic mass is 16.7. The molecule has 2 saturated heterocycles. The molecular formula is C20H29NO10. The second kappa shape index (κ2) is 10.8. The minimum Gasteiger partial charge on any atom is -0.394 e. The van der Waals surface area contributed by atoms with Gasteiger partial charge in [-0.15, -0.1) is 0 Å². The van der Waals surface area contributed by atoms with Crippen molar-refractivity contribution in [3.8, 4) is 0 Å². The van der Waals surface area contributed by atoms with Crippen LogP contribution in [0.4, 0.5) is 5.69 Å². The molecule has 0 aliphatic carbocycles. The van der Waals surface area contributed by atoms with Crippen molar-refractivity contribution < 1.29 is 49.3 Å². The molecule has 0 unspecified atom stereocenters. The molecule has 1 aromatic carbocycles. The number of hydrogen-bond acceptors (Lipinski definition) is 10. The van der Waals surface area contributed by atoms with Crippen molar-refractivity contribution in [2.45, 2.75) is 68.7 Å². The lowest BCUT2D eigenvalue weighted by molar-refractivity contribution is -0.340. The second-order valence-electron chi connectivity index (χ2n) is 7.60. The van der Waals surface area contributed by atoms with E-state index in [2.05, 4.69) is 5.32 Å². The van der Waals surface area contributed by atoms with Gasteiger partial charge >= 0.3 is 0 Å². The average molecular weight is 443 g/mol. The van der Waals surface area contributed by atoms with E-state index in [9.17, 15) is 30.3 Å². The molecule has 2 aliphatic rings. The van der Waals surface area contributed by atoms with Gasteiger partial charge in [-0.3, -0.25) is 4.79 Å². The molecule has 0 aromatic heterocycles. The normalized spacial score (nSPS) is 38.6. The molecule has 174 valence electrons. The number of aliphatic hydroxyl groups excluding tert-OH is 5. The number of carbonyl (C=O) groups is 1. The molecule has 31 heavy (non-hydrogen) atoms. The summed E-state index contributed by atoms with van der Waals surface area (Å²) in [5, 5.41) is 52.9. The van der Waals surface area contributed by atoms with E-state index in [4.69, 9.17) is 18.9 Å². The zero-order valence-electron chi connectivity index (χ0n) is 17.0. The van der Waals surface area contributed by atoms with Gasteiger partial charge in [0.2, 0.25) is 5.91 Å². The maximum absolute atomic E-state index is 12.1. The molecule has 1 aromatic rings. The standard InChI is InChI=1S/C20H29NO10/c1-10-16(25)12(23)7-15(29-10)31-19-17(26)13(8-22)30-20(18(19)27)28-9-14(24)21-11-5-3-2-4-6-11/h2-6,10,12-13,15-20,22-23,25-27H,7-9H2,1H3,(H,21,24)/t10-,12-,13+,15-,16+,17+,18+,19-,20+/m0/s1. The first-order chi connectivity index (χ1) is 14.8. The minimum atomic E-state index is -1.52. The highest BCUT2D eigenvalue weighted by Gasteiger charge is 2.48. The number of para-hydroxylation sites is 1. The molecule has 2 heterocycles. The smallest absolute Gasteiger partial charge is 0.250 e. The van der Waals surface area contributed by atoms with Gasteiger partial charge in [0.15, 0.2) is 12.6 Å². The Kier molecular flexibility index (Phi) is 8.33. The lowest BCUT2D eigenvalue weighted by Crippen LogP contribution is -2.62. The Morgan fingerprint density at radius 3 is 2.45 bits per heavy atom. The van der Waals surface area contributed by atoms with Crippen LogP contribution in [-0.2, 0) is 23.7 Å². The Hall–Kier alpha value is -1.67. The van der Waals surface area contributed by atoms with Crippen LogP contribution in [0, 0.1) is 0 Å². The van der Waals surface area contributed by atoms with Crippen molar-refractivity contribution >= 4 is 11.6 Å². The van der Waals surface area contributed by atoms with Crippen molar-refractivity contribution in [2.75, 3.05) is 18.5 Å². The summed E-state index contributed by atoms with van der Waals surface area (Å²) in [7, 11) is 0. The summed E-state index contributed by atoms with van der Waals surface area (Å²) in [6.45, 7) is 0.501. The Labute approximate surface area is 179 Å². The summed E-state index contributed by atoms with van der Waals surface area (Å²) >= 11 is 0. The number of anilines is 1. The number of amides is 1. The van der Waals surface area contributed by atoms with Crippen molar-refractivity contribution in [3.63, 3.8) is 0 Å². The van der Waals surface area contributed by atoms with Gasteiger partial charge in [-0.1, -0.05) is 18.2 Å². The fraction of sp³-hybridized carbons (Fsp3) is 0.650. The molecule has 0 bridgehead atoms. The van der Waals surface area contributed by atoms with E-state index in [1.807, 2.05) is 0 Å². The highest BCUT2D eigenvalue weighted by Crippen LogP contribution is 2.29. The van der Waals surface area contributed by atoms with E-state index >= 15 is 0 Å². The third-order valence-corrected chi connectivity index (χ3v) is 5.24. The van der Waals surface area contributed by atoms with E-state index in [1.165, 1.54) is 0 Å². The zero-order chi connectivity index (χ0) is 22.5. The first-order valence-electron chi connectivity index (χ1n) is 10.1. The average Bonchev–Trinajstić information content (AvgIpc) is 2.75. The van der Waals surface area contributed by atoms with Crippen LogP contribution in [0.3, 0.4) is 0 Å². The van der Waals surface area contributed by atoms with Crippen molar-refractivity contribution in [1.29, 1.82) is 0 Å². The number of benzene rings is 1. The number of nitrogens with one attached hydrogen (secondary N) is 1. The number of hydrogen-bond donors (Lipinski definition) is 6. The first-order valence-corrected chi connectivity index (χ1v) is 10.1. The third kappa shape index (κ3) is 5.98. The number of carbonyl (C=O) groups excluding carboxylic acids is 1. The topological polar surface area (TPSA) is 167 Å². The Morgan fingerprint density at radius 2 is 1.81 bits per heavy atom. The monoisotopic (exact) mass is 443 g/mol. The summed E-state index contributed by atoms with van der Waals surface area (Å²) in [5.74, 6) is -0.493. The summed E-state index contributed by atoms with van der Waals surface area (Å²) in [6, 6.07) is 8.70. The minimum absolute atomic E-state index is 0.0862. The Balaban J connectivity index is 1.60. The van der Waals surface area contributed by atoms with Gasteiger partial charge < -0.3 is 49.8 Å². The predicted molar refractivity (Wildman–Crippen MR) is 105 cm³/mol. The molecule has 0 radical (unpaired) electrons. The first kappa shape index (κ1) is 24.0. The molecular weight excluding hydrogens is 414 g/mol. The summed E-state index contributed by atoms with van der Waals surface area (Å²) < 4.78 is 21.9. The lowest BCUT2D eigenvalue weighted by Gasteiger charge is -2.44. The van der Waals surface area contributed by atoms with Crippen molar-refractivity contribution in [1.82, 2.24) is 0 Å². The molecule has 6 N–H and O–H groups in total. The summed E-state index contributed by atoms with van der Waals surface area (Å²) in [4.78, 5) is 12.1. The fourth-order valence-corrected chi connectivity index (χ4v) is 3.52. The van der Waals surface area contributed by atoms with Gasteiger partial charge in [0.1, 0.15) is 37.1 Å². The van der Waals surface area contributed by atoms with Gasteiger partial charge in [0.25, 0.3) is 0 Å². The largest absolute Gasteiger partial charge is 0.394 e. The quantitative estimate of drug-likeness (QED) is 0.286. The van der Waals surface area contributed by atoms with E-state index in [0.29, 0.717) is 5.69 Å². The van der Waals surface area contributed by atoms with Gasteiger partial charge in [-0.25, -0.2) is 0 Å². The fourth-order valence-electron chi connectivity index (χ4n) is 3.52. The molecule has 1 amide bonds. The third-order valence-electron chi connectivity index (χ3n) is 5.24. The number of aliphatic hydroxyl groups is 5. The van der Waals surface area contributed by atoms with E-state index in [0.717, 1.165) is 0 Å². The zero-order valence-corrected chi connectivity index (χ0v) is 17.0. The molecule has 2 aliphatic heterocycles. The Bertz CT molecular complexity index is 694. The molecule has 2 fully saturated rings. The molecule has 3 rings (SSSR count). The van der Waals surface area contributed by atoms with Gasteiger partial charge in [0, 0.05) is 12.1 Å². The molecule has 0 spiro atoms. The molecule has 0 saturated carbocycles. The predicted octanol–water partition coefficient (Wildman–Crippen LogP) is -1.68. The van der Waals surface area contributed by atoms with E-state index < -0.39 is 74.4 Å². The van der Waals surface area contributed by atoms with Crippen molar-refractivity contribution in [2.24, 2.45) is 0 Å². The van der Waals surface area contributed by atoms with Crippen LogP contribution in [0.15, 0.2) is 30.3 Å². The summed E-state index contributed by atoms with van der Waals surface area (Å²) in [6.07, 6.45) is -10.8. The van der Waals surface area contributed by atoms with Gasteiger partial charge in [0.05, 0.1) is 18.8 Å². The van der Waals surface area contributed by atoms with Gasteiger partial charge in [-0.2, -0.15) is 0 Å². The van der Waals surface area contributed by atoms with Crippen LogP contribution in [0.25, 0.3) is 0 Å². The van der Waals surface area contributed by atoms with E-state index in [1.54, 1.807) is 37.3 Å². The maximum atomic E-state index is 12.1. The van der Waals surface area contributed by atoms with Crippen molar-refractivity contribution in [3.05, 3.63) is 30.3 Å². The number of rotatable bonds is 7. The molecule has 11 nitrogen and oxygen atoms in total. The van der Waals surface area contributed by atoms with Crippen LogP contribution in [-0.4, -0.2) is 100.0 Å².